The first-order valence-corrected chi connectivity index (χ1v) is 7.78. The summed E-state index contributed by atoms with van der Waals surface area (Å²) in [7, 11) is -3.40. The maximum atomic E-state index is 12.1. The third-order valence-electron chi connectivity index (χ3n) is 2.43. The van der Waals surface area contributed by atoms with Crippen LogP contribution in [0.2, 0.25) is 0 Å². The van der Waals surface area contributed by atoms with Gasteiger partial charge < -0.3 is 0 Å². The maximum absolute atomic E-state index is 12.1. The van der Waals surface area contributed by atoms with Crippen molar-refractivity contribution in [2.75, 3.05) is 6.54 Å². The second-order valence-corrected chi connectivity index (χ2v) is 7.20. The Hall–Kier alpha value is -0.390. The van der Waals surface area contributed by atoms with E-state index in [-0.39, 0.29) is 0 Å². The highest BCUT2D eigenvalue weighted by atomic mass is 79.9. The Morgan fingerprint density at radius 2 is 1.82 bits per heavy atom. The van der Waals surface area contributed by atoms with Crippen molar-refractivity contribution >= 4 is 26.0 Å². The number of aryl methyl sites for hydroxylation is 2. The van der Waals surface area contributed by atoms with Gasteiger partial charge in [-0.15, -0.1) is 0 Å². The molecule has 17 heavy (non-hydrogen) atoms. The molecule has 1 aromatic rings. The average molecular weight is 320 g/mol. The molecule has 0 saturated carbocycles. The number of sulfonamides is 1. The van der Waals surface area contributed by atoms with E-state index in [1.807, 2.05) is 26.8 Å². The Labute approximate surface area is 112 Å². The fraction of sp³-hybridized carbons (Fsp3) is 0.500. The molecule has 5 heteroatoms. The number of hydrogen-bond donors (Lipinski definition) is 1. The Bertz CT molecular complexity index is 509. The van der Waals surface area contributed by atoms with Gasteiger partial charge in [0, 0.05) is 11.0 Å². The van der Waals surface area contributed by atoms with E-state index in [9.17, 15) is 8.42 Å². The van der Waals surface area contributed by atoms with Gasteiger partial charge in [0.2, 0.25) is 10.0 Å². The van der Waals surface area contributed by atoms with Gasteiger partial charge in [0.25, 0.3) is 0 Å². The van der Waals surface area contributed by atoms with Crippen molar-refractivity contribution in [3.05, 3.63) is 27.7 Å². The van der Waals surface area contributed by atoms with E-state index in [1.54, 1.807) is 13.0 Å². The zero-order valence-electron chi connectivity index (χ0n) is 10.5. The zero-order valence-corrected chi connectivity index (χ0v) is 12.9. The minimum Gasteiger partial charge on any atom is -0.211 e. The minimum absolute atomic E-state index is 0.293. The fourth-order valence-corrected chi connectivity index (χ4v) is 3.38. The summed E-state index contributed by atoms with van der Waals surface area (Å²) < 4.78 is 27.7. The monoisotopic (exact) mass is 319 g/mol. The van der Waals surface area contributed by atoms with Crippen molar-refractivity contribution in [3.8, 4) is 0 Å². The highest BCUT2D eigenvalue weighted by Crippen LogP contribution is 2.24. The summed E-state index contributed by atoms with van der Waals surface area (Å²) in [6.07, 6.45) is 0. The van der Waals surface area contributed by atoms with Crippen molar-refractivity contribution in [2.45, 2.75) is 32.6 Å². The molecule has 1 aromatic carbocycles. The van der Waals surface area contributed by atoms with Crippen LogP contribution >= 0.6 is 15.9 Å². The van der Waals surface area contributed by atoms with Crippen LogP contribution in [0.4, 0.5) is 0 Å². The summed E-state index contributed by atoms with van der Waals surface area (Å²) in [6.45, 7) is 8.08. The Morgan fingerprint density at radius 1 is 1.24 bits per heavy atom. The number of rotatable bonds is 4. The van der Waals surface area contributed by atoms with Gasteiger partial charge >= 0.3 is 0 Å². The first kappa shape index (κ1) is 14.7. The van der Waals surface area contributed by atoms with E-state index in [2.05, 4.69) is 20.7 Å². The van der Waals surface area contributed by atoms with Gasteiger partial charge in [0.05, 0.1) is 4.90 Å². The third-order valence-corrected chi connectivity index (χ3v) is 4.85. The van der Waals surface area contributed by atoms with Crippen LogP contribution in [0.3, 0.4) is 0 Å². The summed E-state index contributed by atoms with van der Waals surface area (Å²) in [4.78, 5) is 0.360. The predicted octanol–water partition coefficient (Wildman–Crippen LogP) is 3.00. The van der Waals surface area contributed by atoms with E-state index >= 15 is 0 Å². The quantitative estimate of drug-likeness (QED) is 0.927. The van der Waals surface area contributed by atoms with Crippen LogP contribution < -0.4 is 4.72 Å². The lowest BCUT2D eigenvalue weighted by Gasteiger charge is -2.12. The predicted molar refractivity (Wildman–Crippen MR) is 73.6 cm³/mol. The van der Waals surface area contributed by atoms with Crippen molar-refractivity contribution < 1.29 is 8.42 Å². The van der Waals surface area contributed by atoms with Crippen LogP contribution in [0.1, 0.15) is 25.0 Å². The number of halogens is 1. The summed E-state index contributed by atoms with van der Waals surface area (Å²) in [5.41, 5.74) is 1.67. The summed E-state index contributed by atoms with van der Waals surface area (Å²) in [6, 6.07) is 3.53. The molecule has 0 saturated heterocycles. The van der Waals surface area contributed by atoms with Gasteiger partial charge in [-0.2, -0.15) is 0 Å². The molecule has 0 aromatic heterocycles. The fourth-order valence-electron chi connectivity index (χ4n) is 1.40. The van der Waals surface area contributed by atoms with E-state index in [0.29, 0.717) is 17.4 Å². The molecule has 0 aliphatic heterocycles. The van der Waals surface area contributed by atoms with Gasteiger partial charge in [0.15, 0.2) is 0 Å². The van der Waals surface area contributed by atoms with E-state index in [1.165, 1.54) is 0 Å². The Morgan fingerprint density at radius 3 is 2.35 bits per heavy atom. The number of nitrogens with one attached hydrogen (secondary N) is 1. The van der Waals surface area contributed by atoms with Crippen molar-refractivity contribution in [2.24, 2.45) is 5.92 Å². The largest absolute Gasteiger partial charge is 0.240 e. The lowest BCUT2D eigenvalue weighted by atomic mass is 10.2. The SMILES string of the molecule is Cc1cc(S(=O)(=O)NCC(C)C)c(C)cc1Br. The topological polar surface area (TPSA) is 46.2 Å². The van der Waals surface area contributed by atoms with Crippen LogP contribution in [0, 0.1) is 19.8 Å². The Kier molecular flexibility index (Phi) is 4.75. The smallest absolute Gasteiger partial charge is 0.211 e. The van der Waals surface area contributed by atoms with Crippen molar-refractivity contribution in [3.63, 3.8) is 0 Å². The normalized spacial score (nSPS) is 12.1. The standard InChI is InChI=1S/C12H18BrNO2S/c1-8(2)7-14-17(15,16)12-6-9(3)11(13)5-10(12)4/h5-6,8,14H,7H2,1-4H3. The zero-order chi connectivity index (χ0) is 13.2. The highest BCUT2D eigenvalue weighted by molar-refractivity contribution is 9.10. The van der Waals surface area contributed by atoms with E-state index in [0.717, 1.165) is 15.6 Å². The molecule has 0 atom stereocenters. The maximum Gasteiger partial charge on any atom is 0.240 e. The van der Waals surface area contributed by atoms with Crippen molar-refractivity contribution in [1.82, 2.24) is 4.72 Å². The first-order valence-electron chi connectivity index (χ1n) is 5.50. The van der Waals surface area contributed by atoms with Crippen LogP contribution in [-0.2, 0) is 10.0 Å². The minimum atomic E-state index is -3.40. The molecular weight excluding hydrogens is 302 g/mol. The molecule has 1 rings (SSSR count). The molecule has 3 nitrogen and oxygen atoms in total. The van der Waals surface area contributed by atoms with Gasteiger partial charge in [-0.25, -0.2) is 13.1 Å². The average Bonchev–Trinajstić information content (AvgIpc) is 2.20. The lowest BCUT2D eigenvalue weighted by molar-refractivity contribution is 0.559. The molecular formula is C12H18BrNO2S. The Balaban J connectivity index is 3.11. The molecule has 0 aliphatic carbocycles. The van der Waals surface area contributed by atoms with Crippen LogP contribution in [0.15, 0.2) is 21.5 Å². The molecule has 0 unspecified atom stereocenters. The second-order valence-electron chi connectivity index (χ2n) is 4.61. The molecule has 0 heterocycles. The van der Waals surface area contributed by atoms with E-state index in [4.69, 9.17) is 0 Å². The first-order chi connectivity index (χ1) is 7.74. The molecule has 0 amide bonds. The van der Waals surface area contributed by atoms with Crippen LogP contribution in [0.25, 0.3) is 0 Å². The molecule has 0 aliphatic rings. The molecule has 0 radical (unpaired) electrons. The van der Waals surface area contributed by atoms with Crippen LogP contribution in [-0.4, -0.2) is 15.0 Å². The molecule has 0 spiro atoms. The van der Waals surface area contributed by atoms with Crippen LogP contribution in [0.5, 0.6) is 0 Å². The summed E-state index contributed by atoms with van der Waals surface area (Å²) in [5, 5.41) is 0. The number of benzene rings is 1. The number of hydrogen-bond acceptors (Lipinski definition) is 2. The molecule has 1 N–H and O–H groups in total. The molecule has 0 fully saturated rings. The van der Waals surface area contributed by atoms with Gasteiger partial charge in [0.1, 0.15) is 0 Å². The third kappa shape index (κ3) is 3.79. The van der Waals surface area contributed by atoms with Gasteiger partial charge in [-0.3, -0.25) is 0 Å². The van der Waals surface area contributed by atoms with Gasteiger partial charge in [-0.05, 0) is 43.0 Å². The summed E-state index contributed by atoms with van der Waals surface area (Å²) >= 11 is 3.39. The van der Waals surface area contributed by atoms with Crippen molar-refractivity contribution in [1.29, 1.82) is 0 Å². The highest BCUT2D eigenvalue weighted by Gasteiger charge is 2.17. The second kappa shape index (κ2) is 5.50. The molecule has 96 valence electrons. The van der Waals surface area contributed by atoms with Gasteiger partial charge in [-0.1, -0.05) is 29.8 Å². The van der Waals surface area contributed by atoms with E-state index < -0.39 is 10.0 Å². The lowest BCUT2D eigenvalue weighted by Crippen LogP contribution is -2.28. The summed E-state index contributed by atoms with van der Waals surface area (Å²) in [5.74, 6) is 0.293. The molecule has 0 bridgehead atoms.